The molecule has 2 aliphatic rings. The highest BCUT2D eigenvalue weighted by Crippen LogP contribution is 2.26. The van der Waals surface area contributed by atoms with Crippen molar-refractivity contribution in [2.24, 2.45) is 0 Å². The van der Waals surface area contributed by atoms with Crippen molar-refractivity contribution in [3.63, 3.8) is 0 Å². The van der Waals surface area contributed by atoms with Gasteiger partial charge in [-0.3, -0.25) is 9.59 Å². The maximum Gasteiger partial charge on any atom is 0.262 e. The third-order valence-electron chi connectivity index (χ3n) is 5.20. The largest absolute Gasteiger partial charge is 0.484 e. The Kier molecular flexibility index (Phi) is 5.10. The molecule has 1 aliphatic carbocycles. The normalized spacial score (nSPS) is 15.7. The second-order valence-electron chi connectivity index (χ2n) is 7.24. The smallest absolute Gasteiger partial charge is 0.262 e. The van der Waals surface area contributed by atoms with Gasteiger partial charge < -0.3 is 15.0 Å². The molecule has 0 spiro atoms. The van der Waals surface area contributed by atoms with E-state index in [4.69, 9.17) is 4.74 Å². The van der Waals surface area contributed by atoms with Crippen LogP contribution in [0.4, 0.5) is 5.69 Å². The van der Waals surface area contributed by atoms with Gasteiger partial charge >= 0.3 is 0 Å². The van der Waals surface area contributed by atoms with Gasteiger partial charge in [0.2, 0.25) is 5.91 Å². The lowest BCUT2D eigenvalue weighted by Crippen LogP contribution is -2.24. The molecule has 1 N–H and O–H groups in total. The number of nitrogens with zero attached hydrogens (tertiary/aromatic N) is 1. The number of likely N-dealkylation sites (tertiary alicyclic amines) is 1. The minimum atomic E-state index is -0.190. The molecule has 0 aromatic heterocycles. The van der Waals surface area contributed by atoms with E-state index in [9.17, 15) is 9.59 Å². The van der Waals surface area contributed by atoms with E-state index in [1.165, 1.54) is 17.5 Å². The monoisotopic (exact) mass is 364 g/mol. The summed E-state index contributed by atoms with van der Waals surface area (Å²) in [7, 11) is 0. The van der Waals surface area contributed by atoms with Crippen LogP contribution in [-0.2, 0) is 29.0 Å². The van der Waals surface area contributed by atoms with Crippen LogP contribution in [-0.4, -0.2) is 29.9 Å². The zero-order chi connectivity index (χ0) is 18.6. The number of nitrogens with one attached hydrogen (secondary N) is 1. The molecule has 2 amide bonds. The first kappa shape index (κ1) is 17.6. The van der Waals surface area contributed by atoms with Gasteiger partial charge in [0.1, 0.15) is 5.75 Å². The Hall–Kier alpha value is -2.82. The van der Waals surface area contributed by atoms with E-state index in [1.54, 1.807) is 0 Å². The fraction of sp³-hybridized carbons (Fsp3) is 0.364. The van der Waals surface area contributed by atoms with Crippen molar-refractivity contribution in [3.05, 3.63) is 59.2 Å². The number of aryl methyl sites for hydroxylation is 2. The molecule has 2 aromatic rings. The van der Waals surface area contributed by atoms with Crippen molar-refractivity contribution in [2.45, 2.75) is 38.6 Å². The second-order valence-corrected chi connectivity index (χ2v) is 7.24. The average Bonchev–Trinajstić information content (AvgIpc) is 3.29. The summed E-state index contributed by atoms with van der Waals surface area (Å²) in [6.45, 7) is 1.38. The van der Waals surface area contributed by atoms with E-state index in [0.29, 0.717) is 13.0 Å². The number of benzene rings is 2. The quantitative estimate of drug-likeness (QED) is 0.855. The van der Waals surface area contributed by atoms with Gasteiger partial charge in [-0.25, -0.2) is 0 Å². The van der Waals surface area contributed by atoms with Crippen LogP contribution in [0.15, 0.2) is 42.5 Å². The summed E-state index contributed by atoms with van der Waals surface area (Å²) in [4.78, 5) is 25.9. The van der Waals surface area contributed by atoms with Crippen molar-refractivity contribution in [3.8, 4) is 5.75 Å². The molecule has 140 valence electrons. The second kappa shape index (κ2) is 7.82. The van der Waals surface area contributed by atoms with Crippen molar-refractivity contribution in [1.82, 2.24) is 4.90 Å². The maximum atomic E-state index is 12.2. The molecular formula is C22H24N2O3. The number of fused-ring (bicyclic) bond motifs is 1. The molecule has 5 nitrogen and oxygen atoms in total. The molecule has 1 saturated heterocycles. The Morgan fingerprint density at radius 2 is 1.93 bits per heavy atom. The molecule has 2 aromatic carbocycles. The molecule has 27 heavy (non-hydrogen) atoms. The summed E-state index contributed by atoms with van der Waals surface area (Å²) in [5.41, 5.74) is 4.46. The molecule has 0 saturated carbocycles. The van der Waals surface area contributed by atoms with E-state index >= 15 is 0 Å². The molecule has 5 heteroatoms. The number of hydrogen-bond acceptors (Lipinski definition) is 3. The highest BCUT2D eigenvalue weighted by molar-refractivity contribution is 5.92. The minimum Gasteiger partial charge on any atom is -0.484 e. The highest BCUT2D eigenvalue weighted by Gasteiger charge is 2.20. The van der Waals surface area contributed by atoms with Crippen LogP contribution in [0, 0.1) is 0 Å². The van der Waals surface area contributed by atoms with Crippen molar-refractivity contribution < 1.29 is 14.3 Å². The van der Waals surface area contributed by atoms with Gasteiger partial charge in [-0.2, -0.15) is 0 Å². The van der Waals surface area contributed by atoms with E-state index in [1.807, 2.05) is 41.3 Å². The highest BCUT2D eigenvalue weighted by atomic mass is 16.5. The molecule has 0 bridgehead atoms. The van der Waals surface area contributed by atoms with Gasteiger partial charge in [0.05, 0.1) is 0 Å². The van der Waals surface area contributed by atoms with E-state index < -0.39 is 0 Å². The molecule has 1 fully saturated rings. The van der Waals surface area contributed by atoms with Gasteiger partial charge in [-0.1, -0.05) is 18.2 Å². The zero-order valence-electron chi connectivity index (χ0n) is 15.4. The third-order valence-corrected chi connectivity index (χ3v) is 5.20. The molecule has 0 radical (unpaired) electrons. The summed E-state index contributed by atoms with van der Waals surface area (Å²) in [6, 6.07) is 13.7. The predicted molar refractivity (Wildman–Crippen MR) is 104 cm³/mol. The number of amides is 2. The van der Waals surface area contributed by atoms with E-state index in [-0.39, 0.29) is 18.4 Å². The molecule has 1 aliphatic heterocycles. The van der Waals surface area contributed by atoms with Crippen molar-refractivity contribution >= 4 is 17.5 Å². The zero-order valence-corrected chi connectivity index (χ0v) is 15.4. The Morgan fingerprint density at radius 3 is 2.78 bits per heavy atom. The van der Waals surface area contributed by atoms with Crippen LogP contribution >= 0.6 is 0 Å². The number of carbonyl (C=O) groups excluding carboxylic acids is 2. The van der Waals surface area contributed by atoms with Crippen LogP contribution in [0.1, 0.15) is 36.0 Å². The minimum absolute atomic E-state index is 0.0202. The maximum absolute atomic E-state index is 12.2. The van der Waals surface area contributed by atoms with Crippen LogP contribution in [0.2, 0.25) is 0 Å². The fourth-order valence-corrected chi connectivity index (χ4v) is 3.82. The summed E-state index contributed by atoms with van der Waals surface area (Å²) in [5.74, 6) is 0.754. The number of ether oxygens (including phenoxy) is 1. The van der Waals surface area contributed by atoms with Gasteiger partial charge in [-0.05, 0) is 66.6 Å². The molecule has 0 atom stereocenters. The summed E-state index contributed by atoms with van der Waals surface area (Å²) < 4.78 is 5.65. The molecule has 0 unspecified atom stereocenters. The number of hydrogen-bond donors (Lipinski definition) is 1. The molecule has 1 heterocycles. The average molecular weight is 364 g/mol. The van der Waals surface area contributed by atoms with Crippen LogP contribution < -0.4 is 10.1 Å². The first-order valence-electron chi connectivity index (χ1n) is 9.58. The summed E-state index contributed by atoms with van der Waals surface area (Å²) in [6.07, 6.45) is 4.98. The summed E-state index contributed by atoms with van der Waals surface area (Å²) >= 11 is 0. The van der Waals surface area contributed by atoms with Gasteiger partial charge in [0, 0.05) is 25.2 Å². The van der Waals surface area contributed by atoms with Crippen LogP contribution in [0.5, 0.6) is 5.75 Å². The third kappa shape index (κ3) is 4.30. The molecule has 4 rings (SSSR count). The van der Waals surface area contributed by atoms with Gasteiger partial charge in [-0.15, -0.1) is 0 Å². The van der Waals surface area contributed by atoms with E-state index in [2.05, 4.69) is 11.4 Å². The Morgan fingerprint density at radius 1 is 1.04 bits per heavy atom. The van der Waals surface area contributed by atoms with Gasteiger partial charge in [0.25, 0.3) is 5.91 Å². The number of anilines is 1. The SMILES string of the molecule is O=C(COc1ccc2c(c1)CCC2)Nc1cccc(CN2CCCC2=O)c1. The fourth-order valence-electron chi connectivity index (χ4n) is 3.82. The topological polar surface area (TPSA) is 58.6 Å². The lowest BCUT2D eigenvalue weighted by molar-refractivity contribution is -0.128. The first-order valence-corrected chi connectivity index (χ1v) is 9.58. The summed E-state index contributed by atoms with van der Waals surface area (Å²) in [5, 5.41) is 2.87. The van der Waals surface area contributed by atoms with Crippen LogP contribution in [0.3, 0.4) is 0 Å². The van der Waals surface area contributed by atoms with E-state index in [0.717, 1.165) is 42.8 Å². The number of carbonyl (C=O) groups is 2. The number of rotatable bonds is 6. The molecular weight excluding hydrogens is 340 g/mol. The predicted octanol–water partition coefficient (Wildman–Crippen LogP) is 3.32. The Balaban J connectivity index is 1.31. The van der Waals surface area contributed by atoms with Crippen molar-refractivity contribution in [2.75, 3.05) is 18.5 Å². The van der Waals surface area contributed by atoms with Gasteiger partial charge in [0.15, 0.2) is 6.61 Å². The Bertz CT molecular complexity index is 862. The standard InChI is InChI=1S/C22H24N2O3/c25-21(15-27-20-10-9-17-5-2-6-18(17)13-20)23-19-7-1-4-16(12-19)14-24-11-3-8-22(24)26/h1,4,7,9-10,12-13H,2-3,5-6,8,11,14-15H2,(H,23,25). The van der Waals surface area contributed by atoms with Crippen molar-refractivity contribution in [1.29, 1.82) is 0 Å². The lowest BCUT2D eigenvalue weighted by Gasteiger charge is -2.16. The first-order chi connectivity index (χ1) is 13.2. The Labute approximate surface area is 159 Å². The van der Waals surface area contributed by atoms with Crippen LogP contribution in [0.25, 0.3) is 0 Å². The lowest BCUT2D eigenvalue weighted by atomic mass is 10.1.